The molecule has 0 aliphatic carbocycles. The number of hydrogen-bond donors (Lipinski definition) is 0. The summed E-state index contributed by atoms with van der Waals surface area (Å²) in [7, 11) is 2.76. The number of carbonyl (C=O) groups is 1. The Morgan fingerprint density at radius 1 is 1.29 bits per heavy atom. The molecule has 0 saturated heterocycles. The molecule has 0 unspecified atom stereocenters. The molecule has 7 heteroatoms. The SMILES string of the molecule is COC(=O)c1cc(-c2ccc(OC)c(Cl)c2)nn(CC(C)C)c1=O. The van der Waals surface area contributed by atoms with Crippen molar-refractivity contribution in [1.29, 1.82) is 0 Å². The maximum atomic E-state index is 12.4. The molecule has 2 aromatic rings. The second kappa shape index (κ2) is 7.49. The molecule has 2 rings (SSSR count). The fraction of sp³-hybridized carbons (Fsp3) is 0.353. The van der Waals surface area contributed by atoms with Gasteiger partial charge >= 0.3 is 5.97 Å². The van der Waals surface area contributed by atoms with Crippen molar-refractivity contribution >= 4 is 17.6 Å². The molecule has 0 spiro atoms. The van der Waals surface area contributed by atoms with Crippen molar-refractivity contribution in [3.63, 3.8) is 0 Å². The van der Waals surface area contributed by atoms with E-state index in [2.05, 4.69) is 5.10 Å². The minimum absolute atomic E-state index is 0.0601. The third-order valence-electron chi connectivity index (χ3n) is 3.37. The van der Waals surface area contributed by atoms with E-state index in [0.717, 1.165) is 0 Å². The van der Waals surface area contributed by atoms with Gasteiger partial charge in [0.15, 0.2) is 0 Å². The van der Waals surface area contributed by atoms with Gasteiger partial charge in [-0.05, 0) is 30.2 Å². The Hall–Kier alpha value is -2.34. The van der Waals surface area contributed by atoms with Crippen LogP contribution in [0.5, 0.6) is 5.75 Å². The van der Waals surface area contributed by atoms with E-state index in [0.29, 0.717) is 28.6 Å². The molecule has 0 radical (unpaired) electrons. The van der Waals surface area contributed by atoms with Gasteiger partial charge in [0.2, 0.25) is 0 Å². The van der Waals surface area contributed by atoms with Crippen LogP contribution in [-0.4, -0.2) is 30.0 Å². The molecular formula is C17H19ClN2O4. The van der Waals surface area contributed by atoms with Gasteiger partial charge < -0.3 is 9.47 Å². The van der Waals surface area contributed by atoms with Crippen LogP contribution < -0.4 is 10.3 Å². The molecule has 1 aromatic carbocycles. The second-order valence-electron chi connectivity index (χ2n) is 5.67. The summed E-state index contributed by atoms with van der Waals surface area (Å²) in [6, 6.07) is 6.56. The zero-order valence-electron chi connectivity index (χ0n) is 14.0. The zero-order valence-corrected chi connectivity index (χ0v) is 14.8. The van der Waals surface area contributed by atoms with Gasteiger partial charge in [-0.3, -0.25) is 4.79 Å². The van der Waals surface area contributed by atoms with Crippen molar-refractivity contribution in [2.24, 2.45) is 5.92 Å². The maximum Gasteiger partial charge on any atom is 0.343 e. The minimum atomic E-state index is -0.694. The molecule has 128 valence electrons. The van der Waals surface area contributed by atoms with Gasteiger partial charge in [0, 0.05) is 12.1 Å². The number of benzene rings is 1. The summed E-state index contributed by atoms with van der Waals surface area (Å²) in [5.41, 5.74) is 0.595. The van der Waals surface area contributed by atoms with E-state index in [4.69, 9.17) is 21.1 Å². The van der Waals surface area contributed by atoms with Gasteiger partial charge in [-0.15, -0.1) is 0 Å². The average molecular weight is 351 g/mol. The van der Waals surface area contributed by atoms with Crippen molar-refractivity contribution in [2.45, 2.75) is 20.4 Å². The molecule has 0 bridgehead atoms. The molecule has 1 heterocycles. The molecule has 0 fully saturated rings. The van der Waals surface area contributed by atoms with Crippen LogP contribution in [0.15, 0.2) is 29.1 Å². The van der Waals surface area contributed by atoms with E-state index in [-0.39, 0.29) is 11.5 Å². The molecule has 0 N–H and O–H groups in total. The van der Waals surface area contributed by atoms with Crippen LogP contribution in [0.4, 0.5) is 0 Å². The van der Waals surface area contributed by atoms with Crippen molar-refractivity contribution in [2.75, 3.05) is 14.2 Å². The monoisotopic (exact) mass is 350 g/mol. The Balaban J connectivity index is 2.63. The molecule has 0 saturated carbocycles. The maximum absolute atomic E-state index is 12.4. The summed E-state index contributed by atoms with van der Waals surface area (Å²) in [4.78, 5) is 24.3. The van der Waals surface area contributed by atoms with Crippen LogP contribution >= 0.6 is 11.6 Å². The van der Waals surface area contributed by atoms with Crippen LogP contribution in [0.25, 0.3) is 11.3 Å². The Kier molecular flexibility index (Phi) is 5.62. The standard InChI is InChI=1S/C17H19ClN2O4/c1-10(2)9-20-16(21)12(17(22)24-4)8-14(19-20)11-5-6-15(23-3)13(18)7-11/h5-8,10H,9H2,1-4H3. The molecule has 6 nitrogen and oxygen atoms in total. The van der Waals surface area contributed by atoms with Gasteiger partial charge in [0.05, 0.1) is 24.9 Å². The average Bonchev–Trinajstić information content (AvgIpc) is 2.55. The van der Waals surface area contributed by atoms with E-state index < -0.39 is 11.5 Å². The lowest BCUT2D eigenvalue weighted by molar-refractivity contribution is 0.0597. The van der Waals surface area contributed by atoms with Crippen LogP contribution in [0, 0.1) is 5.92 Å². The largest absolute Gasteiger partial charge is 0.495 e. The van der Waals surface area contributed by atoms with E-state index in [1.165, 1.54) is 25.0 Å². The van der Waals surface area contributed by atoms with Gasteiger partial charge in [-0.25, -0.2) is 9.48 Å². The van der Waals surface area contributed by atoms with Crippen LogP contribution in [-0.2, 0) is 11.3 Å². The number of methoxy groups -OCH3 is 2. The van der Waals surface area contributed by atoms with Crippen LogP contribution in [0.3, 0.4) is 0 Å². The number of esters is 1. The number of ether oxygens (including phenoxy) is 2. The number of halogens is 1. The predicted octanol–water partition coefficient (Wildman–Crippen LogP) is 3.01. The van der Waals surface area contributed by atoms with Gasteiger partial charge in [0.1, 0.15) is 11.3 Å². The van der Waals surface area contributed by atoms with Crippen LogP contribution in [0.1, 0.15) is 24.2 Å². The van der Waals surface area contributed by atoms with Gasteiger partial charge in [-0.2, -0.15) is 5.10 Å². The normalized spacial score (nSPS) is 10.8. The second-order valence-corrected chi connectivity index (χ2v) is 6.07. The molecule has 0 aliphatic heterocycles. The summed E-state index contributed by atoms with van der Waals surface area (Å²) in [5.74, 6) is 0.0280. The van der Waals surface area contributed by atoms with E-state index in [9.17, 15) is 9.59 Å². The first kappa shape index (κ1) is 18.0. The van der Waals surface area contributed by atoms with E-state index >= 15 is 0 Å². The van der Waals surface area contributed by atoms with Crippen molar-refractivity contribution in [3.05, 3.63) is 45.2 Å². The smallest absolute Gasteiger partial charge is 0.343 e. The number of nitrogens with zero attached hydrogens (tertiary/aromatic N) is 2. The minimum Gasteiger partial charge on any atom is -0.495 e. The predicted molar refractivity (Wildman–Crippen MR) is 91.7 cm³/mol. The lowest BCUT2D eigenvalue weighted by Gasteiger charge is -2.12. The molecule has 0 amide bonds. The molecule has 1 aromatic heterocycles. The van der Waals surface area contributed by atoms with Crippen molar-refractivity contribution in [1.82, 2.24) is 9.78 Å². The van der Waals surface area contributed by atoms with Gasteiger partial charge in [0.25, 0.3) is 5.56 Å². The number of carbonyl (C=O) groups excluding carboxylic acids is 1. The Morgan fingerprint density at radius 3 is 2.54 bits per heavy atom. The fourth-order valence-corrected chi connectivity index (χ4v) is 2.49. The van der Waals surface area contributed by atoms with E-state index in [1.54, 1.807) is 18.2 Å². The summed E-state index contributed by atoms with van der Waals surface area (Å²) in [5, 5.41) is 4.77. The molecule has 0 atom stereocenters. The Morgan fingerprint density at radius 2 is 2.00 bits per heavy atom. The third-order valence-corrected chi connectivity index (χ3v) is 3.66. The Bertz CT molecular complexity index is 815. The van der Waals surface area contributed by atoms with Crippen molar-refractivity contribution < 1.29 is 14.3 Å². The van der Waals surface area contributed by atoms with Crippen LogP contribution in [0.2, 0.25) is 5.02 Å². The quantitative estimate of drug-likeness (QED) is 0.775. The lowest BCUT2D eigenvalue weighted by atomic mass is 10.1. The summed E-state index contributed by atoms with van der Waals surface area (Å²) < 4.78 is 11.1. The molecular weight excluding hydrogens is 332 g/mol. The summed E-state index contributed by atoms with van der Waals surface area (Å²) in [6.45, 7) is 4.31. The summed E-state index contributed by atoms with van der Waals surface area (Å²) >= 11 is 6.15. The highest BCUT2D eigenvalue weighted by Crippen LogP contribution is 2.29. The first-order valence-corrected chi connectivity index (χ1v) is 7.79. The van der Waals surface area contributed by atoms with E-state index in [1.807, 2.05) is 13.8 Å². The number of hydrogen-bond acceptors (Lipinski definition) is 5. The van der Waals surface area contributed by atoms with Crippen molar-refractivity contribution in [3.8, 4) is 17.0 Å². The first-order chi connectivity index (χ1) is 11.4. The molecule has 0 aliphatic rings. The Labute approximate surface area is 145 Å². The lowest BCUT2D eigenvalue weighted by Crippen LogP contribution is -2.30. The third kappa shape index (κ3) is 3.76. The highest BCUT2D eigenvalue weighted by Gasteiger charge is 2.18. The van der Waals surface area contributed by atoms with Gasteiger partial charge in [-0.1, -0.05) is 25.4 Å². The fourth-order valence-electron chi connectivity index (χ4n) is 2.23. The number of aromatic nitrogens is 2. The highest BCUT2D eigenvalue weighted by atomic mass is 35.5. The number of rotatable bonds is 5. The first-order valence-electron chi connectivity index (χ1n) is 7.41. The zero-order chi connectivity index (χ0) is 17.9. The summed E-state index contributed by atoms with van der Waals surface area (Å²) in [6.07, 6.45) is 0. The topological polar surface area (TPSA) is 70.4 Å². The molecule has 24 heavy (non-hydrogen) atoms. The highest BCUT2D eigenvalue weighted by molar-refractivity contribution is 6.32.